The molecule has 3 heteroatoms. The number of rotatable bonds is 3. The van der Waals surface area contributed by atoms with Crippen LogP contribution < -0.4 is 5.73 Å². The highest BCUT2D eigenvalue weighted by Crippen LogP contribution is 2.39. The van der Waals surface area contributed by atoms with Crippen molar-refractivity contribution in [1.82, 2.24) is 4.98 Å². The number of aryl methyl sites for hydroxylation is 1. The Bertz CT molecular complexity index is 546. The summed E-state index contributed by atoms with van der Waals surface area (Å²) in [6.45, 7) is 2.90. The molecule has 2 aromatic rings. The van der Waals surface area contributed by atoms with Crippen molar-refractivity contribution in [2.24, 2.45) is 11.7 Å². The Labute approximate surface area is 107 Å². The van der Waals surface area contributed by atoms with Crippen molar-refractivity contribution in [3.05, 3.63) is 29.7 Å². The predicted octanol–water partition coefficient (Wildman–Crippen LogP) is 3.23. The highest BCUT2D eigenvalue weighted by Gasteiger charge is 2.31. The maximum Gasteiger partial charge on any atom is 0.198 e. The van der Waals surface area contributed by atoms with E-state index >= 15 is 0 Å². The summed E-state index contributed by atoms with van der Waals surface area (Å²) in [6, 6.07) is 6.29. The number of aromatic nitrogens is 1. The van der Waals surface area contributed by atoms with Crippen LogP contribution in [-0.2, 0) is 6.42 Å². The molecule has 0 radical (unpaired) electrons. The summed E-state index contributed by atoms with van der Waals surface area (Å²) in [6.07, 6.45) is 4.65. The quantitative estimate of drug-likeness (QED) is 0.901. The molecule has 0 bridgehead atoms. The van der Waals surface area contributed by atoms with Crippen molar-refractivity contribution in [2.45, 2.75) is 38.5 Å². The van der Waals surface area contributed by atoms with Gasteiger partial charge in [-0.2, -0.15) is 0 Å². The van der Waals surface area contributed by atoms with Gasteiger partial charge in [-0.1, -0.05) is 19.4 Å². The van der Waals surface area contributed by atoms with Crippen LogP contribution in [0.15, 0.2) is 22.6 Å². The van der Waals surface area contributed by atoms with Gasteiger partial charge in [-0.3, -0.25) is 0 Å². The first kappa shape index (κ1) is 11.7. The SMILES string of the molecule is CCc1ccc2oc(C3CCCC3CN)nc2c1. The van der Waals surface area contributed by atoms with Crippen molar-refractivity contribution in [3.63, 3.8) is 0 Å². The molecule has 3 nitrogen and oxygen atoms in total. The number of nitrogens with two attached hydrogens (primary N) is 1. The summed E-state index contributed by atoms with van der Waals surface area (Å²) < 4.78 is 5.92. The Morgan fingerprint density at radius 2 is 2.28 bits per heavy atom. The second-order valence-corrected chi connectivity index (χ2v) is 5.24. The third-order valence-electron chi connectivity index (χ3n) is 4.16. The van der Waals surface area contributed by atoms with Crippen LogP contribution in [0.5, 0.6) is 0 Å². The summed E-state index contributed by atoms with van der Waals surface area (Å²) in [5, 5.41) is 0. The molecule has 1 aliphatic rings. The lowest BCUT2D eigenvalue weighted by atomic mass is 9.96. The zero-order chi connectivity index (χ0) is 12.5. The molecule has 1 aliphatic carbocycles. The van der Waals surface area contributed by atoms with E-state index in [0.29, 0.717) is 11.8 Å². The van der Waals surface area contributed by atoms with E-state index in [1.54, 1.807) is 0 Å². The van der Waals surface area contributed by atoms with Crippen LogP contribution >= 0.6 is 0 Å². The van der Waals surface area contributed by atoms with Crippen LogP contribution in [0.3, 0.4) is 0 Å². The second-order valence-electron chi connectivity index (χ2n) is 5.24. The molecule has 3 rings (SSSR count). The minimum Gasteiger partial charge on any atom is -0.440 e. The van der Waals surface area contributed by atoms with Gasteiger partial charge in [0.1, 0.15) is 5.52 Å². The Hall–Kier alpha value is -1.35. The molecule has 1 aromatic carbocycles. The highest BCUT2D eigenvalue weighted by molar-refractivity contribution is 5.73. The average Bonchev–Trinajstić information content (AvgIpc) is 3.03. The van der Waals surface area contributed by atoms with Crippen LogP contribution in [0.1, 0.15) is 43.6 Å². The van der Waals surface area contributed by atoms with E-state index in [0.717, 1.165) is 36.4 Å². The number of hydrogen-bond acceptors (Lipinski definition) is 3. The van der Waals surface area contributed by atoms with Gasteiger partial charge in [-0.25, -0.2) is 4.98 Å². The molecule has 0 aliphatic heterocycles. The van der Waals surface area contributed by atoms with Crippen LogP contribution in [0.2, 0.25) is 0 Å². The third-order valence-corrected chi connectivity index (χ3v) is 4.16. The lowest BCUT2D eigenvalue weighted by Gasteiger charge is -2.13. The van der Waals surface area contributed by atoms with Crippen molar-refractivity contribution >= 4 is 11.1 Å². The zero-order valence-electron chi connectivity index (χ0n) is 10.9. The van der Waals surface area contributed by atoms with Crippen LogP contribution in [0.25, 0.3) is 11.1 Å². The number of hydrogen-bond donors (Lipinski definition) is 1. The maximum absolute atomic E-state index is 5.92. The Balaban J connectivity index is 1.97. The smallest absolute Gasteiger partial charge is 0.198 e. The lowest BCUT2D eigenvalue weighted by Crippen LogP contribution is -2.17. The van der Waals surface area contributed by atoms with E-state index in [1.165, 1.54) is 18.4 Å². The molecule has 1 fully saturated rings. The molecule has 2 unspecified atom stereocenters. The molecule has 2 atom stereocenters. The van der Waals surface area contributed by atoms with Gasteiger partial charge in [-0.15, -0.1) is 0 Å². The van der Waals surface area contributed by atoms with Crippen molar-refractivity contribution in [1.29, 1.82) is 0 Å². The van der Waals surface area contributed by atoms with Crippen LogP contribution in [0.4, 0.5) is 0 Å². The third kappa shape index (κ3) is 1.93. The summed E-state index contributed by atoms with van der Waals surface area (Å²) in [5.41, 5.74) is 9.04. The zero-order valence-corrected chi connectivity index (χ0v) is 10.9. The topological polar surface area (TPSA) is 52.0 Å². The van der Waals surface area contributed by atoms with E-state index < -0.39 is 0 Å². The number of oxazole rings is 1. The molecule has 0 spiro atoms. The van der Waals surface area contributed by atoms with E-state index in [1.807, 2.05) is 6.07 Å². The lowest BCUT2D eigenvalue weighted by molar-refractivity contribution is 0.401. The molecule has 1 heterocycles. The van der Waals surface area contributed by atoms with E-state index in [4.69, 9.17) is 10.2 Å². The van der Waals surface area contributed by atoms with Crippen LogP contribution in [-0.4, -0.2) is 11.5 Å². The van der Waals surface area contributed by atoms with E-state index in [2.05, 4.69) is 24.0 Å². The Morgan fingerprint density at radius 3 is 3.06 bits per heavy atom. The predicted molar refractivity (Wildman–Crippen MR) is 72.5 cm³/mol. The molecule has 1 aromatic heterocycles. The van der Waals surface area contributed by atoms with Gasteiger partial charge in [0.2, 0.25) is 0 Å². The van der Waals surface area contributed by atoms with Crippen molar-refractivity contribution in [3.8, 4) is 0 Å². The monoisotopic (exact) mass is 244 g/mol. The van der Waals surface area contributed by atoms with Gasteiger partial charge < -0.3 is 10.2 Å². The normalized spacial score (nSPS) is 23.9. The fraction of sp³-hybridized carbons (Fsp3) is 0.533. The molecular weight excluding hydrogens is 224 g/mol. The minimum atomic E-state index is 0.424. The van der Waals surface area contributed by atoms with Gasteiger partial charge >= 0.3 is 0 Å². The van der Waals surface area contributed by atoms with Gasteiger partial charge in [-0.05, 0) is 49.4 Å². The fourth-order valence-corrected chi connectivity index (χ4v) is 3.01. The molecule has 0 saturated heterocycles. The average molecular weight is 244 g/mol. The van der Waals surface area contributed by atoms with Crippen molar-refractivity contribution < 1.29 is 4.42 Å². The number of fused-ring (bicyclic) bond motifs is 1. The first-order valence-electron chi connectivity index (χ1n) is 6.91. The highest BCUT2D eigenvalue weighted by atomic mass is 16.3. The van der Waals surface area contributed by atoms with Crippen molar-refractivity contribution in [2.75, 3.05) is 6.54 Å². The molecule has 2 N–H and O–H groups in total. The molecule has 96 valence electrons. The summed E-state index contributed by atoms with van der Waals surface area (Å²) in [5.74, 6) is 1.86. The second kappa shape index (κ2) is 4.73. The summed E-state index contributed by atoms with van der Waals surface area (Å²) in [4.78, 5) is 4.68. The minimum absolute atomic E-state index is 0.424. The van der Waals surface area contributed by atoms with Crippen LogP contribution in [0, 0.1) is 5.92 Å². The van der Waals surface area contributed by atoms with Gasteiger partial charge in [0.15, 0.2) is 11.5 Å². The first-order valence-corrected chi connectivity index (χ1v) is 6.91. The Kier molecular flexibility index (Phi) is 3.08. The fourth-order valence-electron chi connectivity index (χ4n) is 3.01. The van der Waals surface area contributed by atoms with Gasteiger partial charge in [0, 0.05) is 5.92 Å². The van der Waals surface area contributed by atoms with Gasteiger partial charge in [0.25, 0.3) is 0 Å². The number of benzene rings is 1. The largest absolute Gasteiger partial charge is 0.440 e. The molecule has 0 amide bonds. The van der Waals surface area contributed by atoms with E-state index in [9.17, 15) is 0 Å². The standard InChI is InChI=1S/C15H20N2O/c1-2-10-6-7-14-13(8-10)17-15(18-14)12-5-3-4-11(12)9-16/h6-8,11-12H,2-5,9,16H2,1H3. The molecule has 18 heavy (non-hydrogen) atoms. The maximum atomic E-state index is 5.92. The Morgan fingerprint density at radius 1 is 1.39 bits per heavy atom. The summed E-state index contributed by atoms with van der Waals surface area (Å²) in [7, 11) is 0. The summed E-state index contributed by atoms with van der Waals surface area (Å²) >= 11 is 0. The van der Waals surface area contributed by atoms with Gasteiger partial charge in [0.05, 0.1) is 0 Å². The number of nitrogens with zero attached hydrogens (tertiary/aromatic N) is 1. The first-order chi connectivity index (χ1) is 8.81. The molecule has 1 saturated carbocycles. The van der Waals surface area contributed by atoms with E-state index in [-0.39, 0.29) is 0 Å². The molecular formula is C15H20N2O.